The predicted molar refractivity (Wildman–Crippen MR) is 130 cm³/mol. The van der Waals surface area contributed by atoms with E-state index >= 15 is 4.39 Å². The van der Waals surface area contributed by atoms with E-state index < -0.39 is 23.9 Å². The molecule has 2 saturated carbocycles. The fourth-order valence-electron chi connectivity index (χ4n) is 4.87. The molecule has 10 heteroatoms. The second-order valence-corrected chi connectivity index (χ2v) is 9.86. The van der Waals surface area contributed by atoms with E-state index in [0.717, 1.165) is 12.8 Å². The summed E-state index contributed by atoms with van der Waals surface area (Å²) in [5.74, 6) is -0.305. The average molecular weight is 498 g/mol. The molecule has 3 atom stereocenters. The van der Waals surface area contributed by atoms with Crippen LogP contribution in [0.2, 0.25) is 0 Å². The topological polar surface area (TPSA) is 109 Å². The molecule has 0 radical (unpaired) electrons. The molecule has 2 heterocycles. The van der Waals surface area contributed by atoms with Gasteiger partial charge in [0.05, 0.1) is 29.3 Å². The first-order valence-electron chi connectivity index (χ1n) is 12.2. The number of nitrogens with zero attached hydrogens (tertiary/aromatic N) is 2. The fraction of sp³-hybridized carbons (Fsp3) is 0.462. The first-order chi connectivity index (χ1) is 17.2. The number of H-pyrrole nitrogens is 1. The van der Waals surface area contributed by atoms with Crippen LogP contribution in [0.4, 0.5) is 8.78 Å². The van der Waals surface area contributed by atoms with Crippen molar-refractivity contribution in [1.82, 2.24) is 25.6 Å². The molecule has 3 aromatic rings. The number of rotatable bonds is 7. The van der Waals surface area contributed by atoms with Crippen LogP contribution in [0.15, 0.2) is 18.5 Å². The molecule has 8 nitrogen and oxygen atoms in total. The van der Waals surface area contributed by atoms with E-state index in [-0.39, 0.29) is 29.5 Å². The number of aromatic nitrogens is 3. The number of aryl methyl sites for hydroxylation is 2. The summed E-state index contributed by atoms with van der Waals surface area (Å²) in [6.45, 7) is 5.26. The second kappa shape index (κ2) is 9.48. The third-order valence-corrected chi connectivity index (χ3v) is 6.91. The summed E-state index contributed by atoms with van der Waals surface area (Å²) < 4.78 is 36.0. The van der Waals surface area contributed by atoms with Gasteiger partial charge >= 0.3 is 0 Å². The van der Waals surface area contributed by atoms with E-state index in [2.05, 4.69) is 25.6 Å². The summed E-state index contributed by atoms with van der Waals surface area (Å²) in [6, 6.07) is 2.33. The minimum absolute atomic E-state index is 0.139. The predicted octanol–water partition coefficient (Wildman–Crippen LogP) is 3.90. The summed E-state index contributed by atoms with van der Waals surface area (Å²) in [6.07, 6.45) is 2.64. The zero-order valence-electron chi connectivity index (χ0n) is 20.5. The molecule has 190 valence electrons. The molecule has 0 saturated heterocycles. The van der Waals surface area contributed by atoms with Crippen LogP contribution in [0.1, 0.15) is 54.2 Å². The molecular formula is C26H29F2N5O3. The highest BCUT2D eigenvalue weighted by molar-refractivity contribution is 6.09. The number of aromatic amines is 1. The van der Waals surface area contributed by atoms with E-state index in [9.17, 15) is 14.0 Å². The Hall–Kier alpha value is -3.56. The van der Waals surface area contributed by atoms with Crippen molar-refractivity contribution in [3.63, 3.8) is 0 Å². The Morgan fingerprint density at radius 2 is 1.94 bits per heavy atom. The molecule has 3 N–H and O–H groups in total. The Labute approximate surface area is 207 Å². The van der Waals surface area contributed by atoms with Crippen LogP contribution in [0, 0.1) is 25.6 Å². The van der Waals surface area contributed by atoms with Crippen LogP contribution in [0.25, 0.3) is 22.3 Å². The molecule has 0 spiro atoms. The van der Waals surface area contributed by atoms with E-state index in [4.69, 9.17) is 4.74 Å². The molecule has 2 aliphatic carbocycles. The third kappa shape index (κ3) is 4.64. The number of hydrogen-bond acceptors (Lipinski definition) is 5. The summed E-state index contributed by atoms with van der Waals surface area (Å²) >= 11 is 0. The summed E-state index contributed by atoms with van der Waals surface area (Å²) in [4.78, 5) is 36.4. The Morgan fingerprint density at radius 3 is 2.67 bits per heavy atom. The van der Waals surface area contributed by atoms with Gasteiger partial charge in [-0.2, -0.15) is 0 Å². The normalized spacial score (nSPS) is 21.5. The largest absolute Gasteiger partial charge is 0.492 e. The number of ether oxygens (including phenoxy) is 1. The maximum atomic E-state index is 15.4. The van der Waals surface area contributed by atoms with Crippen LogP contribution >= 0.6 is 0 Å². The smallest absolute Gasteiger partial charge is 0.255 e. The van der Waals surface area contributed by atoms with Crippen molar-refractivity contribution in [1.29, 1.82) is 0 Å². The van der Waals surface area contributed by atoms with Crippen molar-refractivity contribution >= 4 is 22.8 Å². The average Bonchev–Trinajstić information content (AvgIpc) is 3.50. The van der Waals surface area contributed by atoms with Gasteiger partial charge < -0.3 is 20.4 Å². The molecule has 2 fully saturated rings. The Balaban J connectivity index is 1.48. The highest BCUT2D eigenvalue weighted by atomic mass is 19.1. The van der Waals surface area contributed by atoms with E-state index in [0.29, 0.717) is 52.7 Å². The number of carbonyl (C=O) groups excluding carboxylic acids is 2. The minimum atomic E-state index is -1.28. The molecule has 2 aromatic heterocycles. The number of amides is 2. The molecule has 2 amide bonds. The Bertz CT molecular complexity index is 1340. The zero-order valence-corrected chi connectivity index (χ0v) is 20.5. The van der Waals surface area contributed by atoms with Gasteiger partial charge in [0.2, 0.25) is 5.91 Å². The summed E-state index contributed by atoms with van der Waals surface area (Å²) in [7, 11) is 0. The SMILES string of the molecule is CC(=O)N[C@H]1C[C@@H](F)[C@H](NC(=O)c2c(C)[nH]c3c(-c4c(OCC5CC5)ccc(C)c4F)ncnc23)C1. The third-order valence-electron chi connectivity index (χ3n) is 6.91. The highest BCUT2D eigenvalue weighted by Crippen LogP contribution is 2.39. The lowest BCUT2D eigenvalue weighted by Gasteiger charge is -2.15. The maximum absolute atomic E-state index is 15.4. The molecule has 0 aliphatic heterocycles. The molecule has 5 rings (SSSR count). The minimum Gasteiger partial charge on any atom is -0.492 e. The van der Waals surface area contributed by atoms with Crippen molar-refractivity contribution < 1.29 is 23.1 Å². The molecular weight excluding hydrogens is 468 g/mol. The highest BCUT2D eigenvalue weighted by Gasteiger charge is 2.37. The lowest BCUT2D eigenvalue weighted by atomic mass is 10.0. The molecule has 0 bridgehead atoms. The number of hydrogen-bond donors (Lipinski definition) is 3. The standard InChI is InChI=1S/C26H29F2N5O3/c1-12-4-7-19(36-10-15-5-6-15)21(22(12)28)24-25-23(29-11-30-24)20(13(2)31-25)26(35)33-18-9-16(8-17(18)27)32-14(3)34/h4,7,11,15-18,31H,5-6,8-10H2,1-3H3,(H,32,34)(H,33,35)/t16-,17+,18+/m0/s1. The van der Waals surface area contributed by atoms with Gasteiger partial charge in [-0.3, -0.25) is 9.59 Å². The monoisotopic (exact) mass is 497 g/mol. The first kappa shape index (κ1) is 24.1. The maximum Gasteiger partial charge on any atom is 0.255 e. The number of nitrogens with one attached hydrogen (secondary N) is 3. The van der Waals surface area contributed by atoms with Gasteiger partial charge in [-0.25, -0.2) is 18.7 Å². The van der Waals surface area contributed by atoms with Crippen molar-refractivity contribution in [2.75, 3.05) is 6.61 Å². The summed E-state index contributed by atoms with van der Waals surface area (Å²) in [5.41, 5.74) is 2.43. The fourth-order valence-corrected chi connectivity index (χ4v) is 4.87. The van der Waals surface area contributed by atoms with E-state index in [1.807, 2.05) is 0 Å². The number of carbonyl (C=O) groups is 2. The lowest BCUT2D eigenvalue weighted by molar-refractivity contribution is -0.119. The van der Waals surface area contributed by atoms with Gasteiger partial charge in [0, 0.05) is 25.1 Å². The van der Waals surface area contributed by atoms with Crippen molar-refractivity contribution in [2.24, 2.45) is 5.92 Å². The molecule has 1 aromatic carbocycles. The Kier molecular flexibility index (Phi) is 6.36. The number of halogens is 2. The second-order valence-electron chi connectivity index (χ2n) is 9.86. The van der Waals surface area contributed by atoms with Gasteiger partial charge in [0.25, 0.3) is 5.91 Å². The van der Waals surface area contributed by atoms with Crippen LogP contribution in [0.3, 0.4) is 0 Å². The van der Waals surface area contributed by atoms with Gasteiger partial charge in [-0.05, 0) is 50.7 Å². The van der Waals surface area contributed by atoms with Crippen LogP contribution < -0.4 is 15.4 Å². The zero-order chi connectivity index (χ0) is 25.6. The quantitative estimate of drug-likeness (QED) is 0.459. The lowest BCUT2D eigenvalue weighted by Crippen LogP contribution is -2.39. The van der Waals surface area contributed by atoms with Crippen molar-refractivity contribution in [3.8, 4) is 17.0 Å². The molecule has 0 unspecified atom stereocenters. The number of fused-ring (bicyclic) bond motifs is 1. The van der Waals surface area contributed by atoms with Crippen molar-refractivity contribution in [2.45, 2.75) is 64.7 Å². The molecule has 2 aliphatic rings. The van der Waals surface area contributed by atoms with Gasteiger partial charge in [-0.15, -0.1) is 0 Å². The van der Waals surface area contributed by atoms with E-state index in [1.54, 1.807) is 26.0 Å². The first-order valence-corrected chi connectivity index (χ1v) is 12.2. The van der Waals surface area contributed by atoms with Gasteiger partial charge in [0.15, 0.2) is 0 Å². The van der Waals surface area contributed by atoms with Gasteiger partial charge in [0.1, 0.15) is 35.3 Å². The Morgan fingerprint density at radius 1 is 1.17 bits per heavy atom. The van der Waals surface area contributed by atoms with Crippen LogP contribution in [0.5, 0.6) is 5.75 Å². The van der Waals surface area contributed by atoms with E-state index in [1.165, 1.54) is 13.3 Å². The van der Waals surface area contributed by atoms with Crippen LogP contribution in [-0.4, -0.2) is 51.6 Å². The number of alkyl halides is 1. The molecule has 36 heavy (non-hydrogen) atoms. The summed E-state index contributed by atoms with van der Waals surface area (Å²) in [5, 5.41) is 5.46. The van der Waals surface area contributed by atoms with Crippen LogP contribution in [-0.2, 0) is 4.79 Å². The van der Waals surface area contributed by atoms with Gasteiger partial charge in [-0.1, -0.05) is 6.07 Å². The number of benzene rings is 1. The van der Waals surface area contributed by atoms with Crippen molar-refractivity contribution in [3.05, 3.63) is 41.1 Å².